The first-order valence-electron chi connectivity index (χ1n) is 7.50. The Morgan fingerprint density at radius 2 is 1.84 bits per heavy atom. The lowest BCUT2D eigenvalue weighted by Crippen LogP contribution is -2.19. The summed E-state index contributed by atoms with van der Waals surface area (Å²) in [5, 5.41) is 10.9. The molecule has 0 bridgehead atoms. The lowest BCUT2D eigenvalue weighted by atomic mass is 10.1. The van der Waals surface area contributed by atoms with E-state index in [0.717, 1.165) is 5.56 Å². The number of esters is 1. The fourth-order valence-corrected chi connectivity index (χ4v) is 2.10. The van der Waals surface area contributed by atoms with Crippen LogP contribution in [0.4, 0.5) is 5.69 Å². The molecular formula is C18H17NO6. The van der Waals surface area contributed by atoms with Crippen LogP contribution in [-0.4, -0.2) is 29.9 Å². The lowest BCUT2D eigenvalue weighted by Gasteiger charge is -2.07. The summed E-state index contributed by atoms with van der Waals surface area (Å²) in [4.78, 5) is 34.0. The van der Waals surface area contributed by atoms with Crippen molar-refractivity contribution in [2.24, 2.45) is 0 Å². The van der Waals surface area contributed by atoms with E-state index in [4.69, 9.17) is 9.47 Å². The van der Waals surface area contributed by atoms with Crippen molar-refractivity contribution in [3.8, 4) is 5.75 Å². The quantitative estimate of drug-likeness (QED) is 0.332. The Balaban J connectivity index is 1.88. The molecule has 25 heavy (non-hydrogen) atoms. The molecule has 0 aromatic heterocycles. The highest BCUT2D eigenvalue weighted by atomic mass is 16.6. The molecule has 2 aromatic rings. The van der Waals surface area contributed by atoms with E-state index in [9.17, 15) is 19.7 Å². The van der Waals surface area contributed by atoms with Gasteiger partial charge >= 0.3 is 5.97 Å². The van der Waals surface area contributed by atoms with Crippen LogP contribution in [0.25, 0.3) is 0 Å². The molecular weight excluding hydrogens is 326 g/mol. The third kappa shape index (κ3) is 5.13. The van der Waals surface area contributed by atoms with Gasteiger partial charge in [-0.15, -0.1) is 0 Å². The van der Waals surface area contributed by atoms with Crippen molar-refractivity contribution in [3.05, 3.63) is 69.3 Å². The van der Waals surface area contributed by atoms with E-state index in [2.05, 4.69) is 0 Å². The Kier molecular flexibility index (Phi) is 5.84. The Bertz CT molecular complexity index is 815. The minimum absolute atomic E-state index is 0.115. The van der Waals surface area contributed by atoms with Gasteiger partial charge in [0.15, 0.2) is 13.2 Å². The summed E-state index contributed by atoms with van der Waals surface area (Å²) in [5.41, 5.74) is 1.40. The average molecular weight is 343 g/mol. The van der Waals surface area contributed by atoms with Crippen molar-refractivity contribution in [1.29, 1.82) is 0 Å². The van der Waals surface area contributed by atoms with Crippen molar-refractivity contribution in [2.45, 2.75) is 13.8 Å². The summed E-state index contributed by atoms with van der Waals surface area (Å²) in [7, 11) is 0. The summed E-state index contributed by atoms with van der Waals surface area (Å²) in [5.74, 6) is -0.694. The first kappa shape index (κ1) is 18.1. The number of rotatable bonds is 7. The zero-order valence-corrected chi connectivity index (χ0v) is 13.9. The molecule has 7 heteroatoms. The highest BCUT2D eigenvalue weighted by molar-refractivity contribution is 5.98. The molecule has 0 atom stereocenters. The molecule has 2 aromatic carbocycles. The van der Waals surface area contributed by atoms with Gasteiger partial charge < -0.3 is 9.47 Å². The monoisotopic (exact) mass is 343 g/mol. The van der Waals surface area contributed by atoms with Gasteiger partial charge in [-0.1, -0.05) is 24.3 Å². The number of nitro benzene ring substituents is 1. The molecule has 0 N–H and O–H groups in total. The number of benzene rings is 2. The number of Topliss-reactive ketones (excluding diaryl/α,β-unsaturated/α-hetero) is 1. The molecule has 130 valence electrons. The fraction of sp³-hybridized carbons (Fsp3) is 0.222. The Labute approximate surface area is 144 Å². The number of hydrogen-bond donors (Lipinski definition) is 0. The van der Waals surface area contributed by atoms with Gasteiger partial charge in [-0.05, 0) is 31.5 Å². The van der Waals surface area contributed by atoms with Crippen molar-refractivity contribution in [2.75, 3.05) is 13.2 Å². The molecule has 0 aliphatic heterocycles. The molecule has 0 unspecified atom stereocenters. The molecule has 0 fully saturated rings. The summed E-state index contributed by atoms with van der Waals surface area (Å²) in [6.45, 7) is 2.64. The first-order valence-corrected chi connectivity index (χ1v) is 7.50. The van der Waals surface area contributed by atoms with Crippen LogP contribution in [0.5, 0.6) is 5.75 Å². The largest absolute Gasteiger partial charge is 0.482 e. The number of ketones is 1. The van der Waals surface area contributed by atoms with Crippen molar-refractivity contribution in [1.82, 2.24) is 0 Å². The van der Waals surface area contributed by atoms with E-state index in [0.29, 0.717) is 11.3 Å². The van der Waals surface area contributed by atoms with E-state index in [1.165, 1.54) is 18.2 Å². The number of ether oxygens (including phenoxy) is 2. The second-order valence-electron chi connectivity index (χ2n) is 5.45. The minimum atomic E-state index is -0.698. The lowest BCUT2D eigenvalue weighted by molar-refractivity contribution is -0.385. The van der Waals surface area contributed by atoms with Crippen LogP contribution in [0.15, 0.2) is 42.5 Å². The SMILES string of the molecule is Cc1cccc(OCC(=O)OCC(=O)c2ccc(C)c([N+](=O)[O-])c2)c1. The van der Waals surface area contributed by atoms with Gasteiger partial charge in [-0.3, -0.25) is 14.9 Å². The van der Waals surface area contributed by atoms with Crippen LogP contribution in [0.3, 0.4) is 0 Å². The van der Waals surface area contributed by atoms with Crippen LogP contribution in [0.2, 0.25) is 0 Å². The van der Waals surface area contributed by atoms with Gasteiger partial charge in [-0.25, -0.2) is 4.79 Å². The van der Waals surface area contributed by atoms with Crippen LogP contribution in [0, 0.1) is 24.0 Å². The summed E-state index contributed by atoms with van der Waals surface area (Å²) >= 11 is 0. The van der Waals surface area contributed by atoms with E-state index in [1.54, 1.807) is 25.1 Å². The highest BCUT2D eigenvalue weighted by Gasteiger charge is 2.16. The van der Waals surface area contributed by atoms with Crippen LogP contribution >= 0.6 is 0 Å². The average Bonchev–Trinajstić information content (AvgIpc) is 2.58. The van der Waals surface area contributed by atoms with E-state index in [-0.39, 0.29) is 17.9 Å². The molecule has 0 saturated carbocycles. The molecule has 0 saturated heterocycles. The van der Waals surface area contributed by atoms with Crippen molar-refractivity contribution in [3.63, 3.8) is 0 Å². The third-order valence-electron chi connectivity index (χ3n) is 3.44. The Morgan fingerprint density at radius 3 is 2.52 bits per heavy atom. The molecule has 0 heterocycles. The normalized spacial score (nSPS) is 10.2. The second-order valence-corrected chi connectivity index (χ2v) is 5.45. The first-order chi connectivity index (χ1) is 11.9. The van der Waals surface area contributed by atoms with Crippen LogP contribution in [-0.2, 0) is 9.53 Å². The number of carbonyl (C=O) groups is 2. The predicted molar refractivity (Wildman–Crippen MR) is 89.8 cm³/mol. The second kappa shape index (κ2) is 8.05. The summed E-state index contributed by atoms with van der Waals surface area (Å²) in [6, 6.07) is 11.3. The van der Waals surface area contributed by atoms with Gasteiger partial charge in [0, 0.05) is 17.2 Å². The van der Waals surface area contributed by atoms with E-state index >= 15 is 0 Å². The van der Waals surface area contributed by atoms with E-state index < -0.39 is 23.3 Å². The molecule has 7 nitrogen and oxygen atoms in total. The molecule has 0 radical (unpaired) electrons. The predicted octanol–water partition coefficient (Wildman–Crippen LogP) is 3.02. The standard InChI is InChI=1S/C18H17NO6/c1-12-4-3-5-15(8-12)24-11-18(21)25-10-17(20)14-7-6-13(2)16(9-14)19(22)23/h3-9H,10-11H2,1-2H3. The van der Waals surface area contributed by atoms with Gasteiger partial charge in [0.05, 0.1) is 4.92 Å². The van der Waals surface area contributed by atoms with Crippen molar-refractivity contribution >= 4 is 17.4 Å². The number of hydrogen-bond acceptors (Lipinski definition) is 6. The van der Waals surface area contributed by atoms with Gasteiger partial charge in [-0.2, -0.15) is 0 Å². The maximum absolute atomic E-state index is 12.0. The number of nitro groups is 1. The third-order valence-corrected chi connectivity index (χ3v) is 3.44. The Morgan fingerprint density at radius 1 is 1.08 bits per heavy atom. The molecule has 0 aliphatic rings. The van der Waals surface area contributed by atoms with Crippen molar-refractivity contribution < 1.29 is 24.0 Å². The van der Waals surface area contributed by atoms with E-state index in [1.807, 2.05) is 13.0 Å². The maximum atomic E-state index is 12.0. The summed E-state index contributed by atoms with van der Waals surface area (Å²) < 4.78 is 10.1. The van der Waals surface area contributed by atoms with Gasteiger partial charge in [0.2, 0.25) is 5.78 Å². The van der Waals surface area contributed by atoms with Crippen LogP contribution in [0.1, 0.15) is 21.5 Å². The molecule has 0 aliphatic carbocycles. The topological polar surface area (TPSA) is 95.7 Å². The summed E-state index contributed by atoms with van der Waals surface area (Å²) in [6.07, 6.45) is 0. The molecule has 0 spiro atoms. The minimum Gasteiger partial charge on any atom is -0.482 e. The number of aryl methyl sites for hydroxylation is 2. The number of nitrogens with zero attached hydrogens (tertiary/aromatic N) is 1. The number of carbonyl (C=O) groups excluding carboxylic acids is 2. The van der Waals surface area contributed by atoms with Crippen LogP contribution < -0.4 is 4.74 Å². The van der Waals surface area contributed by atoms with Gasteiger partial charge in [0.1, 0.15) is 5.75 Å². The maximum Gasteiger partial charge on any atom is 0.344 e. The smallest absolute Gasteiger partial charge is 0.344 e. The zero-order chi connectivity index (χ0) is 18.4. The molecule has 0 amide bonds. The molecule has 2 rings (SSSR count). The zero-order valence-electron chi connectivity index (χ0n) is 13.9. The van der Waals surface area contributed by atoms with Gasteiger partial charge in [0.25, 0.3) is 5.69 Å². The highest BCUT2D eigenvalue weighted by Crippen LogP contribution is 2.19. The fourth-order valence-electron chi connectivity index (χ4n) is 2.10. The Hall–Kier alpha value is -3.22.